The van der Waals surface area contributed by atoms with Crippen molar-refractivity contribution in [1.82, 2.24) is 5.32 Å². The number of hydrogen-bond donors (Lipinski definition) is 1. The third-order valence-corrected chi connectivity index (χ3v) is 4.10. The molecule has 2 aromatic carbocycles. The molecule has 5 heteroatoms. The molecule has 0 atom stereocenters. The summed E-state index contributed by atoms with van der Waals surface area (Å²) in [6.07, 6.45) is -0.463. The number of benzene rings is 2. The van der Waals surface area contributed by atoms with Crippen LogP contribution in [-0.2, 0) is 17.9 Å². The molecule has 23 heavy (non-hydrogen) atoms. The SMILES string of the molecule is Cc1c(CNC(=O)OCc2ccccc2)oc2ccc(Br)cc12. The van der Waals surface area contributed by atoms with E-state index in [1.807, 2.05) is 55.5 Å². The van der Waals surface area contributed by atoms with Gasteiger partial charge < -0.3 is 14.5 Å². The molecule has 0 saturated heterocycles. The summed E-state index contributed by atoms with van der Waals surface area (Å²) in [6.45, 7) is 2.52. The van der Waals surface area contributed by atoms with E-state index in [1.54, 1.807) is 0 Å². The molecule has 3 rings (SSSR count). The van der Waals surface area contributed by atoms with Crippen molar-refractivity contribution in [3.8, 4) is 0 Å². The van der Waals surface area contributed by atoms with E-state index in [-0.39, 0.29) is 6.61 Å². The molecule has 1 amide bonds. The van der Waals surface area contributed by atoms with Crippen LogP contribution in [0.1, 0.15) is 16.9 Å². The summed E-state index contributed by atoms with van der Waals surface area (Å²) in [5.74, 6) is 0.731. The average Bonchev–Trinajstić information content (AvgIpc) is 2.88. The first-order chi connectivity index (χ1) is 11.1. The normalized spacial score (nSPS) is 10.7. The molecule has 1 aromatic heterocycles. The van der Waals surface area contributed by atoms with Gasteiger partial charge in [-0.15, -0.1) is 0 Å². The molecule has 0 spiro atoms. The summed E-state index contributed by atoms with van der Waals surface area (Å²) in [4.78, 5) is 11.8. The van der Waals surface area contributed by atoms with Crippen molar-refractivity contribution in [2.75, 3.05) is 0 Å². The van der Waals surface area contributed by atoms with Gasteiger partial charge in [-0.3, -0.25) is 0 Å². The van der Waals surface area contributed by atoms with Crippen LogP contribution >= 0.6 is 15.9 Å². The lowest BCUT2D eigenvalue weighted by Crippen LogP contribution is -2.23. The minimum absolute atomic E-state index is 0.249. The summed E-state index contributed by atoms with van der Waals surface area (Å²) in [5, 5.41) is 3.75. The monoisotopic (exact) mass is 373 g/mol. The minimum Gasteiger partial charge on any atom is -0.459 e. The number of rotatable bonds is 4. The van der Waals surface area contributed by atoms with Crippen LogP contribution in [0.3, 0.4) is 0 Å². The summed E-state index contributed by atoms with van der Waals surface area (Å²) in [7, 11) is 0. The standard InChI is InChI=1S/C18H16BrNO3/c1-12-15-9-14(19)7-8-16(15)23-17(12)10-20-18(21)22-11-13-5-3-2-4-6-13/h2-9H,10-11H2,1H3,(H,20,21). The van der Waals surface area contributed by atoms with Crippen LogP contribution in [-0.4, -0.2) is 6.09 Å². The van der Waals surface area contributed by atoms with Crippen molar-refractivity contribution in [2.24, 2.45) is 0 Å². The second kappa shape index (κ2) is 6.87. The average molecular weight is 374 g/mol. The second-order valence-electron chi connectivity index (χ2n) is 5.21. The van der Waals surface area contributed by atoms with Crippen LogP contribution in [0.25, 0.3) is 11.0 Å². The van der Waals surface area contributed by atoms with Crippen LogP contribution in [0, 0.1) is 6.92 Å². The predicted octanol–water partition coefficient (Wildman–Crippen LogP) is 4.93. The zero-order valence-corrected chi connectivity index (χ0v) is 14.2. The minimum atomic E-state index is -0.463. The number of carbonyl (C=O) groups is 1. The van der Waals surface area contributed by atoms with E-state index < -0.39 is 6.09 Å². The van der Waals surface area contributed by atoms with Gasteiger partial charge in [0.2, 0.25) is 0 Å². The maximum atomic E-state index is 11.8. The molecule has 0 saturated carbocycles. The number of carbonyl (C=O) groups excluding carboxylic acids is 1. The third-order valence-electron chi connectivity index (χ3n) is 3.60. The number of fused-ring (bicyclic) bond motifs is 1. The Balaban J connectivity index is 1.60. The predicted molar refractivity (Wildman–Crippen MR) is 92.1 cm³/mol. The first kappa shape index (κ1) is 15.6. The highest BCUT2D eigenvalue weighted by atomic mass is 79.9. The lowest BCUT2D eigenvalue weighted by molar-refractivity contribution is 0.138. The molecule has 0 fully saturated rings. The van der Waals surface area contributed by atoms with Crippen molar-refractivity contribution in [1.29, 1.82) is 0 Å². The molecule has 0 aliphatic rings. The molecule has 0 unspecified atom stereocenters. The van der Waals surface area contributed by atoms with E-state index in [4.69, 9.17) is 9.15 Å². The van der Waals surface area contributed by atoms with Crippen LogP contribution in [0.15, 0.2) is 57.4 Å². The van der Waals surface area contributed by atoms with Crippen molar-refractivity contribution in [3.05, 3.63) is 69.9 Å². The topological polar surface area (TPSA) is 51.5 Å². The smallest absolute Gasteiger partial charge is 0.407 e. The zero-order valence-electron chi connectivity index (χ0n) is 12.6. The number of aryl methyl sites for hydroxylation is 1. The summed E-state index contributed by atoms with van der Waals surface area (Å²) in [5.41, 5.74) is 2.78. The molecule has 0 radical (unpaired) electrons. The molecule has 0 aliphatic carbocycles. The van der Waals surface area contributed by atoms with E-state index in [0.717, 1.165) is 32.3 Å². The number of alkyl carbamates (subject to hydrolysis) is 1. The van der Waals surface area contributed by atoms with E-state index in [9.17, 15) is 4.79 Å². The van der Waals surface area contributed by atoms with Crippen LogP contribution < -0.4 is 5.32 Å². The fourth-order valence-corrected chi connectivity index (χ4v) is 2.70. The van der Waals surface area contributed by atoms with Gasteiger partial charge in [0.25, 0.3) is 0 Å². The number of furan rings is 1. The molecule has 4 nitrogen and oxygen atoms in total. The molecule has 118 valence electrons. The molecule has 1 N–H and O–H groups in total. The van der Waals surface area contributed by atoms with Gasteiger partial charge in [0.1, 0.15) is 18.0 Å². The summed E-state index contributed by atoms with van der Waals surface area (Å²) >= 11 is 3.45. The largest absolute Gasteiger partial charge is 0.459 e. The molecule has 1 heterocycles. The third kappa shape index (κ3) is 3.74. The zero-order chi connectivity index (χ0) is 16.2. The molecule has 0 bridgehead atoms. The van der Waals surface area contributed by atoms with Gasteiger partial charge in [0.15, 0.2) is 0 Å². The number of hydrogen-bond acceptors (Lipinski definition) is 3. The quantitative estimate of drug-likeness (QED) is 0.705. The van der Waals surface area contributed by atoms with Gasteiger partial charge in [0.05, 0.1) is 6.54 Å². The first-order valence-electron chi connectivity index (χ1n) is 7.25. The first-order valence-corrected chi connectivity index (χ1v) is 8.05. The van der Waals surface area contributed by atoms with Gasteiger partial charge in [-0.1, -0.05) is 46.3 Å². The van der Waals surface area contributed by atoms with E-state index in [1.165, 1.54) is 0 Å². The number of nitrogens with one attached hydrogen (secondary N) is 1. The van der Waals surface area contributed by atoms with Crippen LogP contribution in [0.4, 0.5) is 4.79 Å². The van der Waals surface area contributed by atoms with E-state index in [2.05, 4.69) is 21.2 Å². The maximum absolute atomic E-state index is 11.8. The van der Waals surface area contributed by atoms with Gasteiger partial charge in [-0.25, -0.2) is 4.79 Å². The van der Waals surface area contributed by atoms with Crippen molar-refractivity contribution in [3.63, 3.8) is 0 Å². The highest BCUT2D eigenvalue weighted by molar-refractivity contribution is 9.10. The van der Waals surface area contributed by atoms with Gasteiger partial charge in [-0.2, -0.15) is 0 Å². The second-order valence-corrected chi connectivity index (χ2v) is 6.12. The Morgan fingerprint density at radius 3 is 2.78 bits per heavy atom. The Labute approximate surface area is 142 Å². The van der Waals surface area contributed by atoms with Crippen molar-refractivity contribution >= 4 is 33.0 Å². The Bertz CT molecular complexity index is 827. The van der Waals surface area contributed by atoms with Gasteiger partial charge in [0, 0.05) is 15.4 Å². The lowest BCUT2D eigenvalue weighted by atomic mass is 10.1. The Morgan fingerprint density at radius 2 is 2.00 bits per heavy atom. The summed E-state index contributed by atoms with van der Waals surface area (Å²) in [6, 6.07) is 15.4. The molecule has 3 aromatic rings. The number of ether oxygens (including phenoxy) is 1. The lowest BCUT2D eigenvalue weighted by Gasteiger charge is -2.06. The highest BCUT2D eigenvalue weighted by Gasteiger charge is 2.12. The van der Waals surface area contributed by atoms with Crippen LogP contribution in [0.5, 0.6) is 0 Å². The molecule has 0 aliphatic heterocycles. The molecular formula is C18H16BrNO3. The van der Waals surface area contributed by atoms with Gasteiger partial charge in [-0.05, 0) is 30.7 Å². The Hall–Kier alpha value is -2.27. The fraction of sp³-hybridized carbons (Fsp3) is 0.167. The van der Waals surface area contributed by atoms with Crippen LogP contribution in [0.2, 0.25) is 0 Å². The van der Waals surface area contributed by atoms with Crippen molar-refractivity contribution in [2.45, 2.75) is 20.1 Å². The Kier molecular flexibility index (Phi) is 4.67. The van der Waals surface area contributed by atoms with E-state index in [0.29, 0.717) is 6.54 Å². The highest BCUT2D eigenvalue weighted by Crippen LogP contribution is 2.27. The Morgan fingerprint density at radius 1 is 1.22 bits per heavy atom. The van der Waals surface area contributed by atoms with Gasteiger partial charge >= 0.3 is 6.09 Å². The summed E-state index contributed by atoms with van der Waals surface area (Å²) < 4.78 is 12.0. The van der Waals surface area contributed by atoms with Crippen molar-refractivity contribution < 1.29 is 13.9 Å². The maximum Gasteiger partial charge on any atom is 0.407 e. The number of halogens is 1. The fourth-order valence-electron chi connectivity index (χ4n) is 2.34. The number of amides is 1. The molecular weight excluding hydrogens is 358 g/mol. The van der Waals surface area contributed by atoms with E-state index >= 15 is 0 Å².